The summed E-state index contributed by atoms with van der Waals surface area (Å²) in [6.07, 6.45) is -0.221. The van der Waals surface area contributed by atoms with Gasteiger partial charge >= 0.3 is 5.97 Å². The van der Waals surface area contributed by atoms with Crippen molar-refractivity contribution >= 4 is 27.6 Å². The number of rotatable bonds is 8. The number of sulfonamides is 1. The van der Waals surface area contributed by atoms with Crippen LogP contribution in [0.1, 0.15) is 17.9 Å². The number of carbonyl (C=O) groups excluding carboxylic acids is 2. The first-order valence-corrected chi connectivity index (χ1v) is 9.21. The van der Waals surface area contributed by atoms with Crippen molar-refractivity contribution in [3.8, 4) is 0 Å². The van der Waals surface area contributed by atoms with Crippen LogP contribution in [-0.4, -0.2) is 38.6 Å². The van der Waals surface area contributed by atoms with E-state index in [0.29, 0.717) is 5.69 Å². The summed E-state index contributed by atoms with van der Waals surface area (Å²) in [4.78, 5) is 23.3. The molecule has 0 atom stereocenters. The van der Waals surface area contributed by atoms with E-state index in [2.05, 4.69) is 15.2 Å². The van der Waals surface area contributed by atoms with E-state index in [1.54, 1.807) is 30.3 Å². The van der Waals surface area contributed by atoms with Gasteiger partial charge in [-0.2, -0.15) is 0 Å². The molecule has 1 heterocycles. The fraction of sp³-hybridized carbons (Fsp3) is 0.312. The molecule has 10 heteroatoms. The Balaban J connectivity index is 1.74. The van der Waals surface area contributed by atoms with Crippen LogP contribution in [0.25, 0.3) is 0 Å². The second kappa shape index (κ2) is 8.59. The van der Waals surface area contributed by atoms with Gasteiger partial charge in [0.25, 0.3) is 5.91 Å². The second-order valence-electron chi connectivity index (χ2n) is 5.38. The SMILES string of the molecule is Cc1noc(C)c1S(=O)(=O)NCCC(=O)OCC(=O)Nc1ccccc1. The van der Waals surface area contributed by atoms with Crippen molar-refractivity contribution in [1.29, 1.82) is 0 Å². The van der Waals surface area contributed by atoms with Gasteiger partial charge in [0, 0.05) is 12.2 Å². The standard InChI is InChI=1S/C16H19N3O6S/c1-11-16(12(2)25-19-11)26(22,23)17-9-8-15(21)24-10-14(20)18-13-6-4-3-5-7-13/h3-7,17H,8-10H2,1-2H3,(H,18,20). The van der Waals surface area contributed by atoms with Crippen LogP contribution in [0, 0.1) is 13.8 Å². The maximum Gasteiger partial charge on any atom is 0.307 e. The number of benzene rings is 1. The minimum atomic E-state index is -3.84. The number of esters is 1. The van der Waals surface area contributed by atoms with Crippen molar-refractivity contribution in [3.63, 3.8) is 0 Å². The molecule has 0 aliphatic heterocycles. The van der Waals surface area contributed by atoms with E-state index in [0.717, 1.165) is 0 Å². The number of carbonyl (C=O) groups is 2. The van der Waals surface area contributed by atoms with E-state index in [9.17, 15) is 18.0 Å². The third kappa shape index (κ3) is 5.39. The summed E-state index contributed by atoms with van der Waals surface area (Å²) in [5, 5.41) is 6.14. The van der Waals surface area contributed by atoms with Crippen molar-refractivity contribution in [2.75, 3.05) is 18.5 Å². The number of para-hydroxylation sites is 1. The zero-order chi connectivity index (χ0) is 19.2. The van der Waals surface area contributed by atoms with Crippen molar-refractivity contribution in [3.05, 3.63) is 41.8 Å². The first-order chi connectivity index (χ1) is 12.3. The van der Waals surface area contributed by atoms with Crippen molar-refractivity contribution in [2.24, 2.45) is 0 Å². The van der Waals surface area contributed by atoms with Gasteiger partial charge < -0.3 is 14.6 Å². The van der Waals surface area contributed by atoms with Crippen LogP contribution in [-0.2, 0) is 24.3 Å². The molecule has 140 valence electrons. The highest BCUT2D eigenvalue weighted by Gasteiger charge is 2.24. The molecule has 0 bridgehead atoms. The highest BCUT2D eigenvalue weighted by atomic mass is 32.2. The summed E-state index contributed by atoms with van der Waals surface area (Å²) in [5.41, 5.74) is 0.816. The first-order valence-electron chi connectivity index (χ1n) is 7.72. The van der Waals surface area contributed by atoms with Crippen LogP contribution >= 0.6 is 0 Å². The molecular weight excluding hydrogens is 362 g/mol. The van der Waals surface area contributed by atoms with E-state index < -0.39 is 28.5 Å². The minimum Gasteiger partial charge on any atom is -0.456 e. The van der Waals surface area contributed by atoms with Gasteiger partial charge in [0.05, 0.1) is 6.42 Å². The molecule has 9 nitrogen and oxygen atoms in total. The van der Waals surface area contributed by atoms with Gasteiger partial charge in [-0.25, -0.2) is 13.1 Å². The first kappa shape index (κ1) is 19.6. The number of ether oxygens (including phenoxy) is 1. The van der Waals surface area contributed by atoms with Crippen LogP contribution < -0.4 is 10.0 Å². The fourth-order valence-corrected chi connectivity index (χ4v) is 3.51. The Kier molecular flexibility index (Phi) is 6.47. The smallest absolute Gasteiger partial charge is 0.307 e. The summed E-state index contributed by atoms with van der Waals surface area (Å²) in [6, 6.07) is 8.71. The molecule has 1 amide bonds. The molecule has 2 aromatic rings. The fourth-order valence-electron chi connectivity index (χ4n) is 2.15. The Labute approximate surface area is 150 Å². The summed E-state index contributed by atoms with van der Waals surface area (Å²) >= 11 is 0. The molecule has 0 fully saturated rings. The predicted octanol–water partition coefficient (Wildman–Crippen LogP) is 1.14. The van der Waals surface area contributed by atoms with Gasteiger partial charge in [-0.3, -0.25) is 9.59 Å². The lowest BCUT2D eigenvalue weighted by atomic mass is 10.3. The Morgan fingerprint density at radius 1 is 1.19 bits per heavy atom. The number of aryl methyl sites for hydroxylation is 2. The summed E-state index contributed by atoms with van der Waals surface area (Å²) < 4.78 is 36.2. The monoisotopic (exact) mass is 381 g/mol. The van der Waals surface area contributed by atoms with E-state index >= 15 is 0 Å². The molecule has 1 aromatic heterocycles. The molecule has 0 spiro atoms. The Morgan fingerprint density at radius 3 is 2.50 bits per heavy atom. The lowest BCUT2D eigenvalue weighted by Gasteiger charge is -2.07. The maximum atomic E-state index is 12.2. The average Bonchev–Trinajstić information content (AvgIpc) is 2.93. The van der Waals surface area contributed by atoms with Crippen LogP contribution in [0.4, 0.5) is 5.69 Å². The zero-order valence-electron chi connectivity index (χ0n) is 14.3. The topological polar surface area (TPSA) is 128 Å². The van der Waals surface area contributed by atoms with Gasteiger partial charge in [0.15, 0.2) is 12.4 Å². The number of hydrogen-bond acceptors (Lipinski definition) is 7. The van der Waals surface area contributed by atoms with Gasteiger partial charge in [-0.05, 0) is 26.0 Å². The lowest BCUT2D eigenvalue weighted by molar-refractivity contribution is -0.147. The largest absolute Gasteiger partial charge is 0.456 e. The quantitative estimate of drug-likeness (QED) is 0.656. The lowest BCUT2D eigenvalue weighted by Crippen LogP contribution is -2.28. The van der Waals surface area contributed by atoms with E-state index in [4.69, 9.17) is 9.26 Å². The number of nitrogens with zero attached hydrogens (tertiary/aromatic N) is 1. The number of aromatic nitrogens is 1. The predicted molar refractivity (Wildman–Crippen MR) is 91.8 cm³/mol. The molecule has 1 aromatic carbocycles. The van der Waals surface area contributed by atoms with Crippen LogP contribution in [0.5, 0.6) is 0 Å². The number of nitrogens with one attached hydrogen (secondary N) is 2. The summed E-state index contributed by atoms with van der Waals surface area (Å²) in [5.74, 6) is -1.02. The number of anilines is 1. The molecule has 2 N–H and O–H groups in total. The Morgan fingerprint density at radius 2 is 1.88 bits per heavy atom. The van der Waals surface area contributed by atoms with Gasteiger partial charge in [0.1, 0.15) is 10.6 Å². The molecule has 0 unspecified atom stereocenters. The number of amides is 1. The minimum absolute atomic E-state index is 0.0480. The van der Waals surface area contributed by atoms with Crippen molar-refractivity contribution < 1.29 is 27.3 Å². The Bertz CT molecular complexity index is 857. The highest BCUT2D eigenvalue weighted by Crippen LogP contribution is 2.18. The average molecular weight is 381 g/mol. The van der Waals surface area contributed by atoms with Gasteiger partial charge in [-0.1, -0.05) is 23.4 Å². The molecule has 0 aliphatic carbocycles. The van der Waals surface area contributed by atoms with Gasteiger partial charge in [-0.15, -0.1) is 0 Å². The normalized spacial score (nSPS) is 11.2. The molecule has 2 rings (SSSR count). The third-order valence-electron chi connectivity index (χ3n) is 3.28. The summed E-state index contributed by atoms with van der Waals surface area (Å²) in [7, 11) is -3.84. The van der Waals surface area contributed by atoms with E-state index in [1.165, 1.54) is 13.8 Å². The van der Waals surface area contributed by atoms with Crippen LogP contribution in [0.15, 0.2) is 39.8 Å². The molecule has 0 aliphatic rings. The second-order valence-corrected chi connectivity index (χ2v) is 7.08. The number of hydrogen-bond donors (Lipinski definition) is 2. The summed E-state index contributed by atoms with van der Waals surface area (Å²) in [6.45, 7) is 2.36. The van der Waals surface area contributed by atoms with Crippen LogP contribution in [0.3, 0.4) is 0 Å². The molecule has 0 saturated carbocycles. The van der Waals surface area contributed by atoms with Crippen LogP contribution in [0.2, 0.25) is 0 Å². The molecular formula is C16H19N3O6S. The van der Waals surface area contributed by atoms with Crippen molar-refractivity contribution in [1.82, 2.24) is 9.88 Å². The Hall–Kier alpha value is -2.72. The highest BCUT2D eigenvalue weighted by molar-refractivity contribution is 7.89. The molecule has 0 saturated heterocycles. The maximum absolute atomic E-state index is 12.2. The van der Waals surface area contributed by atoms with Gasteiger partial charge in [0.2, 0.25) is 10.0 Å². The van der Waals surface area contributed by atoms with E-state index in [1.807, 2.05) is 0 Å². The van der Waals surface area contributed by atoms with E-state index in [-0.39, 0.29) is 29.3 Å². The molecule has 26 heavy (non-hydrogen) atoms. The third-order valence-corrected chi connectivity index (χ3v) is 4.98. The van der Waals surface area contributed by atoms with Crippen molar-refractivity contribution in [2.45, 2.75) is 25.2 Å². The zero-order valence-corrected chi connectivity index (χ0v) is 15.1. The molecule has 0 radical (unpaired) electrons.